The summed E-state index contributed by atoms with van der Waals surface area (Å²) in [7, 11) is 0. The fourth-order valence-corrected chi connectivity index (χ4v) is 9.47. The smallest absolute Gasteiger partial charge is 0.164 e. The molecule has 11 rings (SSSR count). The zero-order valence-electron chi connectivity index (χ0n) is 31.0. The predicted octanol–water partition coefficient (Wildman–Crippen LogP) is 13.5. The number of fused-ring (bicyclic) bond motifs is 6. The van der Waals surface area contributed by atoms with Gasteiger partial charge in [0.2, 0.25) is 0 Å². The van der Waals surface area contributed by atoms with Crippen LogP contribution >= 0.6 is 11.3 Å². The van der Waals surface area contributed by atoms with Gasteiger partial charge in [-0.2, -0.15) is 5.26 Å². The molecule has 0 amide bonds. The van der Waals surface area contributed by atoms with Crippen LogP contribution in [0.15, 0.2) is 188 Å². The van der Waals surface area contributed by atoms with Crippen molar-refractivity contribution in [2.75, 3.05) is 0 Å². The molecule has 0 aliphatic carbocycles. The van der Waals surface area contributed by atoms with Crippen LogP contribution in [0.25, 0.3) is 104 Å². The zero-order valence-corrected chi connectivity index (χ0v) is 31.9. The minimum Gasteiger partial charge on any atom is -0.309 e. The highest BCUT2D eigenvalue weighted by Crippen LogP contribution is 2.42. The number of hydrogen-bond acceptors (Lipinski definition) is 5. The Morgan fingerprint density at radius 3 is 1.72 bits per heavy atom. The Morgan fingerprint density at radius 1 is 0.414 bits per heavy atom. The van der Waals surface area contributed by atoms with Crippen molar-refractivity contribution < 1.29 is 0 Å². The Kier molecular flexibility index (Phi) is 7.99. The molecule has 0 fully saturated rings. The average Bonchev–Trinajstić information content (AvgIpc) is 3.85. The fraction of sp³-hybridized carbons (Fsp3) is 0. The average molecular weight is 758 g/mol. The normalized spacial score (nSPS) is 11.4. The highest BCUT2D eigenvalue weighted by Gasteiger charge is 2.20. The number of nitrogens with zero attached hydrogens (tertiary/aromatic N) is 5. The standard InChI is InChI=1S/C52H31N5S/c53-32-37-16-4-5-19-38(37)42-29-28-36(31-47(42)57-45-25-9-6-20-40(45)41-21-7-10-26-46(41)57)52-55-50(33-14-2-1-3-15-33)54-51(56-52)35-18-12-17-34(30-35)39-23-13-24-44-43-22-8-11-27-48(43)58-49(39)44/h1-31H. The van der Waals surface area contributed by atoms with E-state index in [1.807, 2.05) is 65.9 Å². The first kappa shape index (κ1) is 33.6. The van der Waals surface area contributed by atoms with E-state index in [1.165, 1.54) is 25.7 Å². The lowest BCUT2D eigenvalue weighted by molar-refractivity contribution is 1.07. The summed E-state index contributed by atoms with van der Waals surface area (Å²) < 4.78 is 4.84. The molecule has 8 aromatic carbocycles. The van der Waals surface area contributed by atoms with E-state index in [0.29, 0.717) is 23.0 Å². The van der Waals surface area contributed by atoms with Crippen molar-refractivity contribution in [2.24, 2.45) is 0 Å². The Bertz CT molecular complexity index is 3370. The van der Waals surface area contributed by atoms with Crippen molar-refractivity contribution in [3.05, 3.63) is 194 Å². The first-order valence-corrected chi connectivity index (χ1v) is 20.0. The van der Waals surface area contributed by atoms with Gasteiger partial charge in [0, 0.05) is 58.8 Å². The minimum atomic E-state index is 0.558. The summed E-state index contributed by atoms with van der Waals surface area (Å²) in [5.41, 5.74) is 10.4. The largest absolute Gasteiger partial charge is 0.309 e. The number of hydrogen-bond donors (Lipinski definition) is 0. The number of thiophene rings is 1. The molecule has 6 heteroatoms. The highest BCUT2D eigenvalue weighted by atomic mass is 32.1. The monoisotopic (exact) mass is 757 g/mol. The van der Waals surface area contributed by atoms with Crippen LogP contribution in [0.1, 0.15) is 5.56 Å². The summed E-state index contributed by atoms with van der Waals surface area (Å²) in [6.45, 7) is 0. The summed E-state index contributed by atoms with van der Waals surface area (Å²) in [6.07, 6.45) is 0. The summed E-state index contributed by atoms with van der Waals surface area (Å²) in [4.78, 5) is 15.5. The summed E-state index contributed by atoms with van der Waals surface area (Å²) >= 11 is 1.83. The van der Waals surface area contributed by atoms with E-state index in [0.717, 1.165) is 60.9 Å². The van der Waals surface area contributed by atoms with Crippen LogP contribution < -0.4 is 0 Å². The van der Waals surface area contributed by atoms with Gasteiger partial charge < -0.3 is 4.57 Å². The quantitative estimate of drug-likeness (QED) is 0.169. The third-order valence-corrected chi connectivity index (χ3v) is 12.1. The van der Waals surface area contributed by atoms with Crippen molar-refractivity contribution in [3.63, 3.8) is 0 Å². The maximum atomic E-state index is 10.2. The van der Waals surface area contributed by atoms with E-state index >= 15 is 0 Å². The molecule has 0 bridgehead atoms. The van der Waals surface area contributed by atoms with Crippen LogP contribution in [0.4, 0.5) is 0 Å². The van der Waals surface area contributed by atoms with Gasteiger partial charge in [0.05, 0.1) is 28.4 Å². The molecule has 0 saturated heterocycles. The number of benzene rings is 8. The minimum absolute atomic E-state index is 0.558. The molecule has 0 aliphatic rings. The molecule has 0 aliphatic heterocycles. The number of para-hydroxylation sites is 2. The Balaban J connectivity index is 1.13. The van der Waals surface area contributed by atoms with Gasteiger partial charge in [0.25, 0.3) is 0 Å². The van der Waals surface area contributed by atoms with Gasteiger partial charge in [0.1, 0.15) is 0 Å². The van der Waals surface area contributed by atoms with Gasteiger partial charge in [0.15, 0.2) is 17.5 Å². The Morgan fingerprint density at radius 2 is 0.966 bits per heavy atom. The summed E-state index contributed by atoms with van der Waals surface area (Å²) in [5, 5.41) is 15.1. The molecule has 58 heavy (non-hydrogen) atoms. The van der Waals surface area contributed by atoms with E-state index in [4.69, 9.17) is 15.0 Å². The molecule has 0 saturated carbocycles. The van der Waals surface area contributed by atoms with E-state index in [-0.39, 0.29) is 0 Å². The molecule has 0 unspecified atom stereocenters. The topological polar surface area (TPSA) is 67.4 Å². The third kappa shape index (κ3) is 5.56. The van der Waals surface area contributed by atoms with Crippen molar-refractivity contribution in [2.45, 2.75) is 0 Å². The first-order chi connectivity index (χ1) is 28.7. The molecular formula is C52H31N5S. The Hall–Kier alpha value is -7.72. The van der Waals surface area contributed by atoms with E-state index in [2.05, 4.69) is 144 Å². The van der Waals surface area contributed by atoms with Crippen LogP contribution in [0.5, 0.6) is 0 Å². The fourth-order valence-electron chi connectivity index (χ4n) is 8.23. The second-order valence-corrected chi connectivity index (χ2v) is 15.3. The maximum Gasteiger partial charge on any atom is 0.164 e. The second kappa shape index (κ2) is 13.8. The number of nitriles is 1. The van der Waals surface area contributed by atoms with Gasteiger partial charge in [-0.25, -0.2) is 15.0 Å². The molecule has 11 aromatic rings. The molecule has 0 radical (unpaired) electrons. The van der Waals surface area contributed by atoms with E-state index < -0.39 is 0 Å². The lowest BCUT2D eigenvalue weighted by Gasteiger charge is -2.17. The number of aromatic nitrogens is 4. The van der Waals surface area contributed by atoms with Crippen LogP contribution in [0, 0.1) is 11.3 Å². The van der Waals surface area contributed by atoms with Crippen molar-refractivity contribution in [1.29, 1.82) is 5.26 Å². The number of rotatable bonds is 6. The van der Waals surface area contributed by atoms with Gasteiger partial charge >= 0.3 is 0 Å². The zero-order chi connectivity index (χ0) is 38.6. The van der Waals surface area contributed by atoms with Gasteiger partial charge in [-0.1, -0.05) is 152 Å². The van der Waals surface area contributed by atoms with Gasteiger partial charge in [-0.3, -0.25) is 0 Å². The second-order valence-electron chi connectivity index (χ2n) is 14.3. The molecule has 5 nitrogen and oxygen atoms in total. The lowest BCUT2D eigenvalue weighted by atomic mass is 9.96. The molecule has 3 aromatic heterocycles. The van der Waals surface area contributed by atoms with E-state index in [9.17, 15) is 5.26 Å². The van der Waals surface area contributed by atoms with Gasteiger partial charge in [-0.15, -0.1) is 11.3 Å². The van der Waals surface area contributed by atoms with Crippen molar-refractivity contribution >= 4 is 53.3 Å². The van der Waals surface area contributed by atoms with Crippen molar-refractivity contribution in [3.8, 4) is 68.2 Å². The lowest BCUT2D eigenvalue weighted by Crippen LogP contribution is -2.02. The summed E-state index contributed by atoms with van der Waals surface area (Å²) in [6, 6.07) is 67.3. The molecule has 0 spiro atoms. The molecule has 0 atom stereocenters. The highest BCUT2D eigenvalue weighted by molar-refractivity contribution is 7.26. The molecule has 3 heterocycles. The van der Waals surface area contributed by atoms with Crippen LogP contribution in [-0.4, -0.2) is 19.5 Å². The van der Waals surface area contributed by atoms with Crippen LogP contribution in [0.3, 0.4) is 0 Å². The van der Waals surface area contributed by atoms with Crippen LogP contribution in [-0.2, 0) is 0 Å². The van der Waals surface area contributed by atoms with E-state index in [1.54, 1.807) is 0 Å². The SMILES string of the molecule is N#Cc1ccccc1-c1ccc(-c2nc(-c3ccccc3)nc(-c3cccc(-c4cccc5c4sc4ccccc45)c3)n2)cc1-n1c2ccccc2c2ccccc21. The molecule has 270 valence electrons. The van der Waals surface area contributed by atoms with Gasteiger partial charge in [-0.05, 0) is 47.5 Å². The first-order valence-electron chi connectivity index (χ1n) is 19.2. The summed E-state index contributed by atoms with van der Waals surface area (Å²) in [5.74, 6) is 1.74. The third-order valence-electron chi connectivity index (χ3n) is 10.9. The van der Waals surface area contributed by atoms with Crippen molar-refractivity contribution in [1.82, 2.24) is 19.5 Å². The Labute approximate surface area is 338 Å². The maximum absolute atomic E-state index is 10.2. The molecular weight excluding hydrogens is 727 g/mol. The molecule has 0 N–H and O–H groups in total. The van der Waals surface area contributed by atoms with Crippen LogP contribution in [0.2, 0.25) is 0 Å². The predicted molar refractivity (Wildman–Crippen MR) is 239 cm³/mol.